The summed E-state index contributed by atoms with van der Waals surface area (Å²) >= 11 is 0. The average molecular weight is 306 g/mol. The third-order valence-electron chi connectivity index (χ3n) is 4.84. The molecule has 1 saturated heterocycles. The van der Waals surface area contributed by atoms with Crippen LogP contribution in [0.3, 0.4) is 0 Å². The van der Waals surface area contributed by atoms with Crippen LogP contribution in [0.25, 0.3) is 0 Å². The van der Waals surface area contributed by atoms with Gasteiger partial charge in [-0.2, -0.15) is 5.10 Å². The molecular weight excluding hydrogens is 280 g/mol. The number of hydrogen-bond donors (Lipinski definition) is 2. The number of aromatic nitrogens is 2. The molecule has 2 heterocycles. The number of amides is 2. The van der Waals surface area contributed by atoms with E-state index in [4.69, 9.17) is 4.74 Å². The molecule has 1 aliphatic heterocycles. The lowest BCUT2D eigenvalue weighted by Gasteiger charge is -2.37. The van der Waals surface area contributed by atoms with Gasteiger partial charge < -0.3 is 15.0 Å². The minimum absolute atomic E-state index is 0.0419. The van der Waals surface area contributed by atoms with Crippen LogP contribution in [0.2, 0.25) is 0 Å². The first-order chi connectivity index (χ1) is 10.7. The van der Waals surface area contributed by atoms with E-state index < -0.39 is 0 Å². The van der Waals surface area contributed by atoms with Crippen molar-refractivity contribution in [2.45, 2.75) is 58.0 Å². The summed E-state index contributed by atoms with van der Waals surface area (Å²) in [6, 6.07) is 0.326. The van der Waals surface area contributed by atoms with E-state index in [0.29, 0.717) is 25.8 Å². The second-order valence-electron chi connectivity index (χ2n) is 6.42. The highest BCUT2D eigenvalue weighted by atomic mass is 16.5. The Hall–Kier alpha value is -1.56. The van der Waals surface area contributed by atoms with Crippen LogP contribution < -0.4 is 5.32 Å². The van der Waals surface area contributed by atoms with Crippen molar-refractivity contribution in [1.29, 1.82) is 0 Å². The minimum atomic E-state index is -0.0453. The van der Waals surface area contributed by atoms with Crippen LogP contribution >= 0.6 is 0 Å². The molecule has 1 atom stereocenters. The molecule has 2 N–H and O–H groups in total. The number of nitrogens with one attached hydrogen (secondary N) is 2. The zero-order chi connectivity index (χ0) is 15.5. The molecule has 0 radical (unpaired) electrons. The Bertz CT molecular complexity index is 503. The van der Waals surface area contributed by atoms with Crippen LogP contribution in [-0.2, 0) is 4.74 Å². The standard InChI is InChI=1S/C16H26N4O2/c1-11-15(12(2)19-18-11)14-10-22-9-8-20(14)16(21)17-13-6-4-3-5-7-13/h13-14H,3-10H2,1-2H3,(H,17,21)(H,18,19)/t14-/m1/s1. The van der Waals surface area contributed by atoms with Crippen LogP contribution in [0.1, 0.15) is 55.1 Å². The van der Waals surface area contributed by atoms with Gasteiger partial charge in [0.1, 0.15) is 0 Å². The van der Waals surface area contributed by atoms with E-state index in [2.05, 4.69) is 15.5 Å². The van der Waals surface area contributed by atoms with Crippen LogP contribution in [0.15, 0.2) is 0 Å². The van der Waals surface area contributed by atoms with Gasteiger partial charge in [0, 0.05) is 23.8 Å². The predicted molar refractivity (Wildman–Crippen MR) is 83.7 cm³/mol. The van der Waals surface area contributed by atoms with Crippen LogP contribution in [-0.4, -0.2) is 46.9 Å². The molecule has 6 nitrogen and oxygen atoms in total. The first-order valence-electron chi connectivity index (χ1n) is 8.33. The summed E-state index contributed by atoms with van der Waals surface area (Å²) in [7, 11) is 0. The van der Waals surface area contributed by atoms with E-state index in [0.717, 1.165) is 29.8 Å². The van der Waals surface area contributed by atoms with Gasteiger partial charge in [0.15, 0.2) is 0 Å². The second-order valence-corrected chi connectivity index (χ2v) is 6.42. The summed E-state index contributed by atoms with van der Waals surface area (Å²) in [6.45, 7) is 5.75. The minimum Gasteiger partial charge on any atom is -0.377 e. The maximum Gasteiger partial charge on any atom is 0.318 e. The number of carbonyl (C=O) groups is 1. The summed E-state index contributed by atoms with van der Waals surface area (Å²) in [5, 5.41) is 10.5. The highest BCUT2D eigenvalue weighted by Gasteiger charge is 2.32. The van der Waals surface area contributed by atoms with Crippen LogP contribution in [0, 0.1) is 13.8 Å². The number of aromatic amines is 1. The van der Waals surface area contributed by atoms with E-state index in [-0.39, 0.29) is 12.1 Å². The van der Waals surface area contributed by atoms with Gasteiger partial charge in [0.05, 0.1) is 24.9 Å². The van der Waals surface area contributed by atoms with Crippen molar-refractivity contribution < 1.29 is 9.53 Å². The Morgan fingerprint density at radius 2 is 2.09 bits per heavy atom. The molecule has 6 heteroatoms. The smallest absolute Gasteiger partial charge is 0.318 e. The molecule has 1 aromatic heterocycles. The molecule has 3 rings (SSSR count). The number of hydrogen-bond acceptors (Lipinski definition) is 3. The average Bonchev–Trinajstić information content (AvgIpc) is 2.87. The topological polar surface area (TPSA) is 70.2 Å². The van der Waals surface area contributed by atoms with Gasteiger partial charge in [0.25, 0.3) is 0 Å². The second kappa shape index (κ2) is 6.69. The van der Waals surface area contributed by atoms with E-state index in [1.807, 2.05) is 18.7 Å². The molecule has 0 aromatic carbocycles. The summed E-state index contributed by atoms with van der Waals surface area (Å²) in [4.78, 5) is 14.6. The lowest BCUT2D eigenvalue weighted by molar-refractivity contribution is 0.0104. The number of aryl methyl sites for hydroxylation is 2. The van der Waals surface area contributed by atoms with Crippen LogP contribution in [0.5, 0.6) is 0 Å². The quantitative estimate of drug-likeness (QED) is 0.881. The molecule has 0 bridgehead atoms. The Morgan fingerprint density at radius 1 is 1.32 bits per heavy atom. The third kappa shape index (κ3) is 3.11. The fourth-order valence-electron chi connectivity index (χ4n) is 3.64. The fraction of sp³-hybridized carbons (Fsp3) is 0.750. The maximum absolute atomic E-state index is 12.7. The number of nitrogens with zero attached hydrogens (tertiary/aromatic N) is 2. The molecule has 1 aromatic rings. The Kier molecular flexibility index (Phi) is 4.66. The van der Waals surface area contributed by atoms with E-state index >= 15 is 0 Å². The highest BCUT2D eigenvalue weighted by Crippen LogP contribution is 2.28. The van der Waals surface area contributed by atoms with E-state index in [1.165, 1.54) is 19.3 Å². The first-order valence-corrected chi connectivity index (χ1v) is 8.33. The fourth-order valence-corrected chi connectivity index (χ4v) is 3.64. The molecule has 2 amide bonds. The first kappa shape index (κ1) is 15.3. The summed E-state index contributed by atoms with van der Waals surface area (Å²) in [5.74, 6) is 0. The summed E-state index contributed by atoms with van der Waals surface area (Å²) in [6.07, 6.45) is 5.93. The van der Waals surface area contributed by atoms with Crippen molar-refractivity contribution in [1.82, 2.24) is 20.4 Å². The molecule has 2 aliphatic rings. The number of rotatable bonds is 2. The molecule has 1 saturated carbocycles. The van der Waals surface area contributed by atoms with Crippen LogP contribution in [0.4, 0.5) is 4.79 Å². The zero-order valence-electron chi connectivity index (χ0n) is 13.5. The number of carbonyl (C=O) groups excluding carboxylic acids is 1. The predicted octanol–water partition coefficient (Wildman–Crippen LogP) is 2.44. The van der Waals surface area contributed by atoms with Gasteiger partial charge >= 0.3 is 6.03 Å². The van der Waals surface area contributed by atoms with Gasteiger partial charge in [-0.25, -0.2) is 4.79 Å². The molecular formula is C16H26N4O2. The maximum atomic E-state index is 12.7. The lowest BCUT2D eigenvalue weighted by atomic mass is 9.95. The lowest BCUT2D eigenvalue weighted by Crippen LogP contribution is -2.51. The number of morpholine rings is 1. The zero-order valence-corrected chi connectivity index (χ0v) is 13.5. The Balaban J connectivity index is 1.73. The Morgan fingerprint density at radius 3 is 2.77 bits per heavy atom. The number of H-pyrrole nitrogens is 1. The molecule has 2 fully saturated rings. The molecule has 0 spiro atoms. The van der Waals surface area contributed by atoms with Gasteiger partial charge in [-0.3, -0.25) is 5.10 Å². The molecule has 122 valence electrons. The van der Waals surface area contributed by atoms with Crippen molar-refractivity contribution in [3.05, 3.63) is 17.0 Å². The SMILES string of the molecule is Cc1n[nH]c(C)c1[C@H]1COCCN1C(=O)NC1CCCCC1. The van der Waals surface area contributed by atoms with E-state index in [9.17, 15) is 4.79 Å². The van der Waals surface area contributed by atoms with Crippen molar-refractivity contribution in [2.24, 2.45) is 0 Å². The van der Waals surface area contributed by atoms with Crippen molar-refractivity contribution in [3.63, 3.8) is 0 Å². The third-order valence-corrected chi connectivity index (χ3v) is 4.84. The molecule has 1 aliphatic carbocycles. The Labute approximate surface area is 131 Å². The van der Waals surface area contributed by atoms with Gasteiger partial charge in [-0.15, -0.1) is 0 Å². The monoisotopic (exact) mass is 306 g/mol. The largest absolute Gasteiger partial charge is 0.377 e. The molecule has 0 unspecified atom stereocenters. The van der Waals surface area contributed by atoms with E-state index in [1.54, 1.807) is 0 Å². The number of urea groups is 1. The van der Waals surface area contributed by atoms with Gasteiger partial charge in [-0.1, -0.05) is 19.3 Å². The summed E-state index contributed by atoms with van der Waals surface area (Å²) < 4.78 is 5.62. The van der Waals surface area contributed by atoms with Gasteiger partial charge in [-0.05, 0) is 26.7 Å². The van der Waals surface area contributed by atoms with Crippen molar-refractivity contribution in [2.75, 3.05) is 19.8 Å². The van der Waals surface area contributed by atoms with Gasteiger partial charge in [0.2, 0.25) is 0 Å². The van der Waals surface area contributed by atoms with Crippen molar-refractivity contribution in [3.8, 4) is 0 Å². The normalized spacial score (nSPS) is 23.5. The highest BCUT2D eigenvalue weighted by molar-refractivity contribution is 5.75. The van der Waals surface area contributed by atoms with Crippen molar-refractivity contribution >= 4 is 6.03 Å². The number of ether oxygens (including phenoxy) is 1. The summed E-state index contributed by atoms with van der Waals surface area (Å²) in [5.41, 5.74) is 3.06. The molecule has 22 heavy (non-hydrogen) atoms.